The van der Waals surface area contributed by atoms with Crippen LogP contribution < -0.4 is 20.2 Å². The zero-order chi connectivity index (χ0) is 27.7. The van der Waals surface area contributed by atoms with Crippen molar-refractivity contribution < 1.29 is 37.0 Å². The van der Waals surface area contributed by atoms with Crippen molar-refractivity contribution in [3.05, 3.63) is 64.0 Å². The van der Waals surface area contributed by atoms with Crippen LogP contribution in [0.25, 0.3) is 11.3 Å². The van der Waals surface area contributed by atoms with Crippen LogP contribution in [0.1, 0.15) is 27.4 Å². The summed E-state index contributed by atoms with van der Waals surface area (Å²) in [4.78, 5) is 45.0. The fourth-order valence-electron chi connectivity index (χ4n) is 3.29. The minimum atomic E-state index is -4.81. The lowest BCUT2D eigenvalue weighted by Gasteiger charge is -2.12. The summed E-state index contributed by atoms with van der Waals surface area (Å²) in [6.45, 7) is 0.553. The molecule has 0 saturated heterocycles. The predicted octanol–water partition coefficient (Wildman–Crippen LogP) is 2.76. The Morgan fingerprint density at radius 2 is 1.82 bits per heavy atom. The maximum atomic E-state index is 12.9. The van der Waals surface area contributed by atoms with Crippen LogP contribution in [-0.4, -0.2) is 60.9 Å². The van der Waals surface area contributed by atoms with Gasteiger partial charge < -0.3 is 24.7 Å². The highest BCUT2D eigenvalue weighted by Gasteiger charge is 2.31. The van der Waals surface area contributed by atoms with E-state index in [4.69, 9.17) is 4.74 Å². The average molecular weight is 552 g/mol. The number of thiazole rings is 1. The number of pyridine rings is 1. The molecule has 38 heavy (non-hydrogen) atoms. The van der Waals surface area contributed by atoms with Gasteiger partial charge in [-0.25, -0.2) is 4.98 Å². The molecule has 0 aliphatic heterocycles. The van der Waals surface area contributed by atoms with Gasteiger partial charge in [0.2, 0.25) is 5.91 Å². The van der Waals surface area contributed by atoms with Crippen molar-refractivity contribution in [2.45, 2.75) is 19.3 Å². The number of alkyl halides is 3. The van der Waals surface area contributed by atoms with E-state index in [1.54, 1.807) is 9.95 Å². The highest BCUT2D eigenvalue weighted by atomic mass is 32.1. The number of nitrogens with zero attached hydrogens (tertiary/aromatic N) is 3. The van der Waals surface area contributed by atoms with Gasteiger partial charge in [0.25, 0.3) is 11.8 Å². The molecule has 14 heteroatoms. The molecule has 0 fully saturated rings. The van der Waals surface area contributed by atoms with Gasteiger partial charge >= 0.3 is 6.36 Å². The van der Waals surface area contributed by atoms with Gasteiger partial charge in [-0.1, -0.05) is 6.07 Å². The first-order valence-corrected chi connectivity index (χ1v) is 12.1. The summed E-state index contributed by atoms with van der Waals surface area (Å²) in [6, 6.07) is 9.70. The summed E-state index contributed by atoms with van der Waals surface area (Å²) in [6.07, 6.45) is -4.35. The number of nitrogens with one attached hydrogen (secondary N) is 2. The molecule has 0 saturated carbocycles. The standard InChI is InChI=1S/C24H24F3N5O5S/c1-28-21(34)17-5-3-6-18(30-17)22(35)31-23-32(12-4-11-29-20(33)13-36-2)19(14-38-23)15-7-9-16(10-8-15)37-24(25,26)27/h3,5-10,14H,4,11-13H2,1-2H3,(H,28,34)(H,29,33). The van der Waals surface area contributed by atoms with E-state index in [9.17, 15) is 27.6 Å². The molecular weight excluding hydrogens is 527 g/mol. The second kappa shape index (κ2) is 13.0. The normalized spacial score (nSPS) is 11.8. The zero-order valence-corrected chi connectivity index (χ0v) is 21.2. The van der Waals surface area contributed by atoms with Gasteiger partial charge in [0.1, 0.15) is 23.7 Å². The number of hydrogen-bond donors (Lipinski definition) is 2. The van der Waals surface area contributed by atoms with Crippen molar-refractivity contribution in [3.63, 3.8) is 0 Å². The summed E-state index contributed by atoms with van der Waals surface area (Å²) in [5.74, 6) is -1.79. The van der Waals surface area contributed by atoms with E-state index < -0.39 is 18.2 Å². The molecule has 0 bridgehead atoms. The molecule has 0 aliphatic rings. The minimum Gasteiger partial charge on any atom is -0.406 e. The predicted molar refractivity (Wildman–Crippen MR) is 131 cm³/mol. The third-order valence-corrected chi connectivity index (χ3v) is 5.83. The van der Waals surface area contributed by atoms with E-state index >= 15 is 0 Å². The van der Waals surface area contributed by atoms with Gasteiger partial charge in [0.15, 0.2) is 4.80 Å². The molecule has 1 aromatic carbocycles. The van der Waals surface area contributed by atoms with Gasteiger partial charge in [-0.05, 0) is 48.4 Å². The number of hydrogen-bond acceptors (Lipinski definition) is 7. The molecule has 3 amide bonds. The number of carbonyl (C=O) groups excluding carboxylic acids is 3. The smallest absolute Gasteiger partial charge is 0.406 e. The number of methoxy groups -OCH3 is 1. The van der Waals surface area contributed by atoms with Crippen LogP contribution in [0.15, 0.2) is 52.8 Å². The second-order valence-corrected chi connectivity index (χ2v) is 8.50. The van der Waals surface area contributed by atoms with E-state index in [0.717, 1.165) is 11.3 Å². The molecule has 0 atom stereocenters. The zero-order valence-electron chi connectivity index (χ0n) is 20.4. The fourth-order valence-corrected chi connectivity index (χ4v) is 4.23. The number of aromatic nitrogens is 2. The fraction of sp³-hybridized carbons (Fsp3) is 0.292. The van der Waals surface area contributed by atoms with Gasteiger partial charge in [-0.15, -0.1) is 24.5 Å². The van der Waals surface area contributed by atoms with Crippen molar-refractivity contribution in [3.8, 4) is 17.0 Å². The number of benzene rings is 1. The third-order valence-electron chi connectivity index (χ3n) is 4.96. The van der Waals surface area contributed by atoms with Crippen LogP contribution in [-0.2, 0) is 16.1 Å². The lowest BCUT2D eigenvalue weighted by Crippen LogP contribution is -2.29. The van der Waals surface area contributed by atoms with E-state index in [1.807, 2.05) is 0 Å². The Morgan fingerprint density at radius 3 is 2.47 bits per heavy atom. The van der Waals surface area contributed by atoms with E-state index in [0.29, 0.717) is 35.6 Å². The molecule has 0 unspecified atom stereocenters. The Kier molecular flexibility index (Phi) is 9.73. The van der Waals surface area contributed by atoms with Gasteiger partial charge in [0, 0.05) is 32.6 Å². The maximum Gasteiger partial charge on any atom is 0.573 e. The molecule has 2 heterocycles. The molecule has 0 spiro atoms. The molecule has 10 nitrogen and oxygen atoms in total. The molecule has 2 aromatic heterocycles. The van der Waals surface area contributed by atoms with Crippen LogP contribution in [0.3, 0.4) is 0 Å². The Hall–Kier alpha value is -4.04. The lowest BCUT2D eigenvalue weighted by atomic mass is 10.1. The number of carbonyl (C=O) groups is 3. The number of halogens is 3. The van der Waals surface area contributed by atoms with Gasteiger partial charge in [0.05, 0.1) is 5.69 Å². The van der Waals surface area contributed by atoms with Crippen LogP contribution in [0, 0.1) is 0 Å². The number of amides is 3. The topological polar surface area (TPSA) is 124 Å². The minimum absolute atomic E-state index is 0.0342. The van der Waals surface area contributed by atoms with Crippen molar-refractivity contribution in [1.29, 1.82) is 0 Å². The summed E-state index contributed by atoms with van der Waals surface area (Å²) >= 11 is 1.15. The number of rotatable bonds is 10. The van der Waals surface area contributed by atoms with E-state index in [-0.39, 0.29) is 29.7 Å². The van der Waals surface area contributed by atoms with Crippen LogP contribution in [0.4, 0.5) is 13.2 Å². The summed E-state index contributed by atoms with van der Waals surface area (Å²) in [7, 11) is 2.85. The number of ether oxygens (including phenoxy) is 2. The highest BCUT2D eigenvalue weighted by Crippen LogP contribution is 2.27. The second-order valence-electron chi connectivity index (χ2n) is 7.67. The molecular formula is C24H24F3N5O5S. The van der Waals surface area contributed by atoms with E-state index in [1.165, 1.54) is 56.6 Å². The Morgan fingerprint density at radius 1 is 1.11 bits per heavy atom. The van der Waals surface area contributed by atoms with E-state index in [2.05, 4.69) is 25.3 Å². The quantitative estimate of drug-likeness (QED) is 0.374. The summed E-state index contributed by atoms with van der Waals surface area (Å²) in [5.41, 5.74) is 1.18. The Labute approximate surface area is 219 Å². The summed E-state index contributed by atoms with van der Waals surface area (Å²) in [5, 5.41) is 6.85. The lowest BCUT2D eigenvalue weighted by molar-refractivity contribution is -0.274. The molecule has 2 N–H and O–H groups in total. The monoisotopic (exact) mass is 551 g/mol. The summed E-state index contributed by atoms with van der Waals surface area (Å²) < 4.78 is 48.0. The first-order valence-electron chi connectivity index (χ1n) is 11.2. The molecule has 3 rings (SSSR count). The Bertz CT molecular complexity index is 1350. The third kappa shape index (κ3) is 7.98. The van der Waals surface area contributed by atoms with Gasteiger partial charge in [-0.2, -0.15) is 4.99 Å². The average Bonchev–Trinajstić information content (AvgIpc) is 3.28. The van der Waals surface area contributed by atoms with Crippen molar-refractivity contribution in [2.24, 2.45) is 4.99 Å². The first-order chi connectivity index (χ1) is 18.1. The first kappa shape index (κ1) is 28.5. The molecule has 3 aromatic rings. The maximum absolute atomic E-state index is 12.9. The largest absolute Gasteiger partial charge is 0.573 e. The van der Waals surface area contributed by atoms with Crippen molar-refractivity contribution in [1.82, 2.24) is 20.2 Å². The van der Waals surface area contributed by atoms with Crippen molar-refractivity contribution in [2.75, 3.05) is 27.3 Å². The highest BCUT2D eigenvalue weighted by molar-refractivity contribution is 7.07. The van der Waals surface area contributed by atoms with Crippen LogP contribution in [0.2, 0.25) is 0 Å². The molecule has 202 valence electrons. The molecule has 0 aliphatic carbocycles. The molecule has 0 radical (unpaired) electrons. The van der Waals surface area contributed by atoms with Crippen LogP contribution >= 0.6 is 11.3 Å². The van der Waals surface area contributed by atoms with Gasteiger partial charge in [-0.3, -0.25) is 14.4 Å². The van der Waals surface area contributed by atoms with Crippen molar-refractivity contribution >= 4 is 29.1 Å². The SMILES string of the molecule is CNC(=O)c1cccc(C(=O)N=c2scc(-c3ccc(OC(F)(F)F)cc3)n2CCCNC(=O)COC)n1. The Balaban J connectivity index is 1.92. The van der Waals surface area contributed by atoms with Crippen LogP contribution in [0.5, 0.6) is 5.75 Å².